The van der Waals surface area contributed by atoms with Crippen molar-refractivity contribution >= 4 is 21.7 Å². The van der Waals surface area contributed by atoms with Gasteiger partial charge in [0.2, 0.25) is 5.69 Å². The summed E-state index contributed by atoms with van der Waals surface area (Å²) in [5, 5.41) is 3.67. The fourth-order valence-electron chi connectivity index (χ4n) is 4.21. The highest BCUT2D eigenvalue weighted by atomic mass is 15.0. The number of pyridine rings is 1. The molecule has 0 fully saturated rings. The molecule has 5 rings (SSSR count). The van der Waals surface area contributed by atoms with Crippen molar-refractivity contribution in [2.45, 2.75) is 13.8 Å². The maximum atomic E-state index is 4.58. The topological polar surface area (TPSA) is 20.6 Å². The fourth-order valence-corrected chi connectivity index (χ4v) is 4.21. The van der Waals surface area contributed by atoms with Crippen LogP contribution in [0.3, 0.4) is 0 Å². The predicted octanol–water partition coefficient (Wildman–Crippen LogP) is 4.77. The van der Waals surface area contributed by atoms with Crippen molar-refractivity contribution in [2.75, 3.05) is 0 Å². The number of aromatic nitrogens is 3. The fraction of sp³-hybridized carbons (Fsp3) is 0.115. The van der Waals surface area contributed by atoms with Crippen molar-refractivity contribution in [3.8, 4) is 16.9 Å². The molecule has 2 aromatic heterocycles. The Kier molecular flexibility index (Phi) is 4.09. The first-order chi connectivity index (χ1) is 14.1. The third kappa shape index (κ3) is 2.87. The summed E-state index contributed by atoms with van der Waals surface area (Å²) in [5.74, 6) is 0. The second-order valence-electron chi connectivity index (χ2n) is 7.58. The first kappa shape index (κ1) is 17.5. The number of aryl methyl sites for hydroxylation is 2. The van der Waals surface area contributed by atoms with Crippen molar-refractivity contribution in [1.29, 1.82) is 0 Å². The van der Waals surface area contributed by atoms with E-state index in [0.717, 1.165) is 10.9 Å². The van der Waals surface area contributed by atoms with E-state index in [1.54, 1.807) is 0 Å². The van der Waals surface area contributed by atoms with Crippen LogP contribution in [0, 0.1) is 13.8 Å². The minimum Gasteiger partial charge on any atom is -0.232 e. The van der Waals surface area contributed by atoms with Crippen LogP contribution in [0.4, 0.5) is 0 Å². The number of nitrogens with zero attached hydrogens (tertiary/aromatic N) is 3. The molecule has 140 valence electrons. The summed E-state index contributed by atoms with van der Waals surface area (Å²) in [4.78, 5) is 4.58. The van der Waals surface area contributed by atoms with Gasteiger partial charge in [-0.15, -0.1) is 0 Å². The highest BCUT2D eigenvalue weighted by Crippen LogP contribution is 2.29. The van der Waals surface area contributed by atoms with Gasteiger partial charge >= 0.3 is 0 Å². The normalized spacial score (nSPS) is 11.3. The van der Waals surface area contributed by atoms with Gasteiger partial charge in [-0.2, -0.15) is 4.57 Å². The lowest BCUT2D eigenvalue weighted by Crippen LogP contribution is -2.36. The van der Waals surface area contributed by atoms with Crippen LogP contribution in [0.15, 0.2) is 85.3 Å². The predicted molar refractivity (Wildman–Crippen MR) is 117 cm³/mol. The van der Waals surface area contributed by atoms with Gasteiger partial charge < -0.3 is 0 Å². The smallest absolute Gasteiger partial charge is 0.232 e. The zero-order valence-electron chi connectivity index (χ0n) is 16.9. The molecule has 0 aliphatic carbocycles. The number of benzene rings is 3. The monoisotopic (exact) mass is 377 g/mol. The minimum absolute atomic E-state index is 1.01. The van der Waals surface area contributed by atoms with Crippen LogP contribution in [0.25, 0.3) is 38.6 Å². The van der Waals surface area contributed by atoms with E-state index in [2.05, 4.69) is 108 Å². The molecule has 0 saturated carbocycles. The minimum atomic E-state index is 1.01. The van der Waals surface area contributed by atoms with E-state index in [4.69, 9.17) is 0 Å². The number of rotatable bonds is 2. The summed E-state index contributed by atoms with van der Waals surface area (Å²) in [6, 6.07) is 25.7. The molecule has 0 spiro atoms. The molecule has 3 nitrogen and oxygen atoms in total. The summed E-state index contributed by atoms with van der Waals surface area (Å²) in [6.45, 7) is 4.38. The van der Waals surface area contributed by atoms with Crippen LogP contribution < -0.4 is 9.13 Å². The van der Waals surface area contributed by atoms with Crippen molar-refractivity contribution in [3.63, 3.8) is 0 Å². The van der Waals surface area contributed by atoms with Gasteiger partial charge in [-0.3, -0.25) is 0 Å². The summed E-state index contributed by atoms with van der Waals surface area (Å²) < 4.78 is 4.41. The summed E-state index contributed by atoms with van der Waals surface area (Å²) in [6.07, 6.45) is 4.14. The summed E-state index contributed by atoms with van der Waals surface area (Å²) in [5.41, 5.74) is 7.10. The SMILES string of the molecule is Cc1c(-c2c3ccccc3nc[n+]2C)cccc1-[n+]1cc2ccccc2cc1C. The van der Waals surface area contributed by atoms with Crippen LogP contribution in [-0.2, 0) is 7.05 Å². The Hall–Kier alpha value is -3.59. The lowest BCUT2D eigenvalue weighted by molar-refractivity contribution is -0.662. The second-order valence-corrected chi connectivity index (χ2v) is 7.58. The molecule has 0 saturated heterocycles. The molecule has 0 N–H and O–H groups in total. The number of hydrogen-bond acceptors (Lipinski definition) is 1. The zero-order valence-corrected chi connectivity index (χ0v) is 16.9. The Labute approximate surface area is 170 Å². The van der Waals surface area contributed by atoms with Gasteiger partial charge in [0.05, 0.1) is 12.4 Å². The third-order valence-corrected chi connectivity index (χ3v) is 5.71. The zero-order chi connectivity index (χ0) is 20.0. The molecule has 0 unspecified atom stereocenters. The molecule has 3 aromatic carbocycles. The van der Waals surface area contributed by atoms with E-state index in [0.29, 0.717) is 0 Å². The number of fused-ring (bicyclic) bond motifs is 2. The molecule has 0 atom stereocenters. The Balaban J connectivity index is 1.78. The van der Waals surface area contributed by atoms with Gasteiger partial charge in [-0.25, -0.2) is 4.57 Å². The van der Waals surface area contributed by atoms with Gasteiger partial charge in [0.15, 0.2) is 17.4 Å². The second kappa shape index (κ2) is 6.78. The number of hydrogen-bond donors (Lipinski definition) is 0. The van der Waals surface area contributed by atoms with Gasteiger partial charge in [-0.1, -0.05) is 36.4 Å². The highest BCUT2D eigenvalue weighted by molar-refractivity contribution is 5.91. The molecule has 3 heteroatoms. The Morgan fingerprint density at radius 1 is 0.793 bits per heavy atom. The lowest BCUT2D eigenvalue weighted by Gasteiger charge is -2.11. The molecular weight excluding hydrogens is 354 g/mol. The average Bonchev–Trinajstić information content (AvgIpc) is 2.74. The standard InChI is InChI=1S/C26H23N3/c1-18-15-20-9-4-5-10-21(20)16-29(18)25-14-8-12-22(19(25)2)26-23-11-6-7-13-24(23)27-17-28(26)3/h4-17H,1-3H3/q+2. The van der Waals surface area contributed by atoms with Crippen LogP contribution in [0.1, 0.15) is 11.3 Å². The van der Waals surface area contributed by atoms with E-state index in [1.807, 2.05) is 12.4 Å². The quantitative estimate of drug-likeness (QED) is 0.406. The van der Waals surface area contributed by atoms with Crippen LogP contribution in [0.5, 0.6) is 0 Å². The first-order valence-electron chi connectivity index (χ1n) is 9.88. The van der Waals surface area contributed by atoms with Gasteiger partial charge in [0, 0.05) is 35.6 Å². The molecule has 0 aliphatic heterocycles. The molecule has 0 radical (unpaired) electrons. The van der Waals surface area contributed by atoms with Crippen molar-refractivity contribution in [1.82, 2.24) is 4.98 Å². The van der Waals surface area contributed by atoms with Crippen molar-refractivity contribution < 1.29 is 9.13 Å². The van der Waals surface area contributed by atoms with Gasteiger partial charge in [0.1, 0.15) is 5.69 Å². The summed E-state index contributed by atoms with van der Waals surface area (Å²) >= 11 is 0. The molecule has 5 aromatic rings. The highest BCUT2D eigenvalue weighted by Gasteiger charge is 2.22. The van der Waals surface area contributed by atoms with Crippen LogP contribution in [-0.4, -0.2) is 4.98 Å². The van der Waals surface area contributed by atoms with Crippen LogP contribution in [0.2, 0.25) is 0 Å². The van der Waals surface area contributed by atoms with Gasteiger partial charge in [0.25, 0.3) is 6.33 Å². The Morgan fingerprint density at radius 3 is 2.41 bits per heavy atom. The van der Waals surface area contributed by atoms with Crippen molar-refractivity contribution in [2.24, 2.45) is 7.05 Å². The van der Waals surface area contributed by atoms with E-state index < -0.39 is 0 Å². The Bertz CT molecular complexity index is 1390. The van der Waals surface area contributed by atoms with E-state index >= 15 is 0 Å². The molecular formula is C26H23N3+2. The molecule has 2 heterocycles. The van der Waals surface area contributed by atoms with E-state index in [1.165, 1.54) is 39.0 Å². The molecule has 0 bridgehead atoms. The largest absolute Gasteiger partial charge is 0.287 e. The number of para-hydroxylation sites is 1. The van der Waals surface area contributed by atoms with E-state index in [-0.39, 0.29) is 0 Å². The average molecular weight is 377 g/mol. The maximum absolute atomic E-state index is 4.58. The maximum Gasteiger partial charge on any atom is 0.287 e. The molecule has 29 heavy (non-hydrogen) atoms. The van der Waals surface area contributed by atoms with E-state index in [9.17, 15) is 0 Å². The van der Waals surface area contributed by atoms with Crippen molar-refractivity contribution in [3.05, 3.63) is 96.6 Å². The Morgan fingerprint density at radius 2 is 1.55 bits per heavy atom. The van der Waals surface area contributed by atoms with Gasteiger partial charge in [-0.05, 0) is 41.6 Å². The molecule has 0 amide bonds. The summed E-state index contributed by atoms with van der Waals surface area (Å²) in [7, 11) is 2.06. The lowest BCUT2D eigenvalue weighted by atomic mass is 9.99. The third-order valence-electron chi connectivity index (χ3n) is 5.71. The van der Waals surface area contributed by atoms with Crippen LogP contribution >= 0.6 is 0 Å². The first-order valence-corrected chi connectivity index (χ1v) is 9.88. The molecule has 0 aliphatic rings.